The van der Waals surface area contributed by atoms with Crippen LogP contribution in [0.15, 0.2) is 64.5 Å². The van der Waals surface area contributed by atoms with Gasteiger partial charge in [-0.15, -0.1) is 0 Å². The molecular formula is C31H33N5O5. The van der Waals surface area contributed by atoms with E-state index in [2.05, 4.69) is 22.5 Å². The number of aromatic nitrogens is 3. The Hall–Kier alpha value is -4.73. The molecule has 212 valence electrons. The van der Waals surface area contributed by atoms with E-state index in [1.807, 2.05) is 42.5 Å². The Bertz CT molecular complexity index is 1660. The second-order valence-electron chi connectivity index (χ2n) is 9.66. The fourth-order valence-corrected chi connectivity index (χ4v) is 4.76. The molecule has 0 saturated heterocycles. The van der Waals surface area contributed by atoms with Gasteiger partial charge < -0.3 is 14.2 Å². The van der Waals surface area contributed by atoms with Gasteiger partial charge in [-0.1, -0.05) is 13.0 Å². The number of rotatable bonds is 11. The first-order chi connectivity index (χ1) is 20.0. The van der Waals surface area contributed by atoms with Gasteiger partial charge >= 0.3 is 0 Å². The van der Waals surface area contributed by atoms with Gasteiger partial charge in [-0.3, -0.25) is 9.59 Å². The summed E-state index contributed by atoms with van der Waals surface area (Å²) in [6.07, 6.45) is 3.24. The third-order valence-corrected chi connectivity index (χ3v) is 7.03. The van der Waals surface area contributed by atoms with E-state index in [-0.39, 0.29) is 11.5 Å². The summed E-state index contributed by atoms with van der Waals surface area (Å²) < 4.78 is 18.5. The number of amides is 1. The number of unbranched alkanes of at least 4 members (excludes halogenated alkanes) is 1. The van der Waals surface area contributed by atoms with Crippen LogP contribution < -0.4 is 25.2 Å². The Kier molecular flexibility index (Phi) is 8.57. The molecule has 0 unspecified atom stereocenters. The summed E-state index contributed by atoms with van der Waals surface area (Å²) in [5.41, 5.74) is 7.40. The van der Waals surface area contributed by atoms with Crippen LogP contribution in [-0.4, -0.2) is 47.2 Å². The number of fused-ring (bicyclic) bond motifs is 1. The summed E-state index contributed by atoms with van der Waals surface area (Å²) in [6, 6.07) is 16.8. The molecule has 4 aromatic rings. The lowest BCUT2D eigenvalue weighted by Crippen LogP contribution is -2.25. The van der Waals surface area contributed by atoms with Gasteiger partial charge in [-0.05, 0) is 61.7 Å². The third-order valence-electron chi connectivity index (χ3n) is 7.03. The minimum Gasteiger partial charge on any atom is -0.494 e. The number of pyridine rings is 1. The number of benzene rings is 2. The molecule has 3 heterocycles. The molecule has 0 aliphatic carbocycles. The third kappa shape index (κ3) is 6.21. The highest BCUT2D eigenvalue weighted by Gasteiger charge is 2.16. The fourth-order valence-electron chi connectivity index (χ4n) is 4.76. The topological polar surface area (TPSA) is 117 Å². The minimum absolute atomic E-state index is 0.0816. The monoisotopic (exact) mass is 555 g/mol. The van der Waals surface area contributed by atoms with Crippen LogP contribution in [0.3, 0.4) is 0 Å². The lowest BCUT2D eigenvalue weighted by Gasteiger charge is -2.15. The highest BCUT2D eigenvalue weighted by Crippen LogP contribution is 2.33. The zero-order valence-electron chi connectivity index (χ0n) is 23.5. The normalized spacial score (nSPS) is 13.0. The van der Waals surface area contributed by atoms with Crippen LogP contribution in [0.5, 0.6) is 17.2 Å². The molecule has 1 N–H and O–H groups in total. The molecule has 10 heteroatoms. The van der Waals surface area contributed by atoms with Crippen molar-refractivity contribution >= 4 is 22.5 Å². The quantitative estimate of drug-likeness (QED) is 0.271. The molecule has 2 aromatic heterocycles. The van der Waals surface area contributed by atoms with Gasteiger partial charge in [0, 0.05) is 47.7 Å². The van der Waals surface area contributed by atoms with Crippen molar-refractivity contribution in [2.24, 2.45) is 5.10 Å². The first-order valence-corrected chi connectivity index (χ1v) is 13.7. The van der Waals surface area contributed by atoms with Gasteiger partial charge in [0.15, 0.2) is 11.5 Å². The maximum atomic E-state index is 12.6. The number of hydrogen-bond acceptors (Lipinski definition) is 8. The van der Waals surface area contributed by atoms with E-state index in [1.165, 1.54) is 4.68 Å². The van der Waals surface area contributed by atoms with E-state index in [0.29, 0.717) is 55.4 Å². The van der Waals surface area contributed by atoms with E-state index in [0.717, 1.165) is 46.3 Å². The summed E-state index contributed by atoms with van der Waals surface area (Å²) in [5, 5.41) is 9.74. The highest BCUT2D eigenvalue weighted by atomic mass is 16.5. The summed E-state index contributed by atoms with van der Waals surface area (Å²) in [7, 11) is 3.23. The largest absolute Gasteiger partial charge is 0.494 e. The number of ether oxygens (including phenoxy) is 3. The number of aryl methyl sites for hydroxylation is 2. The van der Waals surface area contributed by atoms with Crippen molar-refractivity contribution < 1.29 is 19.0 Å². The molecule has 1 amide bonds. The number of hydrogen-bond donors (Lipinski definition) is 1. The van der Waals surface area contributed by atoms with Crippen LogP contribution in [0.25, 0.3) is 22.2 Å². The molecule has 0 spiro atoms. The SMILES string of the molecule is CCc1ccc2c(-c3ccc(=O)n(CCCCOc4ccc(C5=NNC(=O)CC5)cc4OC)n3)ccc(OC)c2n1. The maximum Gasteiger partial charge on any atom is 0.266 e. The molecule has 41 heavy (non-hydrogen) atoms. The summed E-state index contributed by atoms with van der Waals surface area (Å²) in [6.45, 7) is 2.98. The first-order valence-electron chi connectivity index (χ1n) is 13.7. The van der Waals surface area contributed by atoms with Crippen LogP contribution in [-0.2, 0) is 17.8 Å². The van der Waals surface area contributed by atoms with Crippen LogP contribution in [0.1, 0.15) is 43.9 Å². The van der Waals surface area contributed by atoms with Gasteiger partial charge in [0.25, 0.3) is 5.56 Å². The number of methoxy groups -OCH3 is 2. The molecule has 1 aliphatic heterocycles. The number of hydrazone groups is 1. The molecule has 0 atom stereocenters. The van der Waals surface area contributed by atoms with E-state index in [1.54, 1.807) is 26.4 Å². The van der Waals surface area contributed by atoms with Crippen LogP contribution in [0.4, 0.5) is 0 Å². The molecule has 0 bridgehead atoms. The van der Waals surface area contributed by atoms with Crippen molar-refractivity contribution in [3.05, 3.63) is 76.2 Å². The lowest BCUT2D eigenvalue weighted by molar-refractivity contribution is -0.121. The zero-order chi connectivity index (χ0) is 28.8. The molecule has 0 radical (unpaired) electrons. The van der Waals surface area contributed by atoms with Crippen molar-refractivity contribution in [3.63, 3.8) is 0 Å². The van der Waals surface area contributed by atoms with E-state index >= 15 is 0 Å². The van der Waals surface area contributed by atoms with Gasteiger partial charge in [0.05, 0.1) is 32.2 Å². The summed E-state index contributed by atoms with van der Waals surface area (Å²) in [4.78, 5) is 28.7. The van der Waals surface area contributed by atoms with Crippen molar-refractivity contribution in [2.75, 3.05) is 20.8 Å². The summed E-state index contributed by atoms with van der Waals surface area (Å²) >= 11 is 0. The zero-order valence-corrected chi connectivity index (χ0v) is 23.5. The van der Waals surface area contributed by atoms with Gasteiger partial charge in [-0.25, -0.2) is 15.1 Å². The Balaban J connectivity index is 1.23. The van der Waals surface area contributed by atoms with Crippen molar-refractivity contribution in [2.45, 2.75) is 45.6 Å². The fraction of sp³-hybridized carbons (Fsp3) is 0.323. The number of nitrogens with one attached hydrogen (secondary N) is 1. The van der Waals surface area contributed by atoms with Crippen LogP contribution >= 0.6 is 0 Å². The second-order valence-corrected chi connectivity index (χ2v) is 9.66. The smallest absolute Gasteiger partial charge is 0.266 e. The molecular weight excluding hydrogens is 522 g/mol. The lowest BCUT2D eigenvalue weighted by atomic mass is 10.0. The second kappa shape index (κ2) is 12.6. The van der Waals surface area contributed by atoms with Crippen molar-refractivity contribution in [3.8, 4) is 28.5 Å². The Labute approximate surface area is 238 Å². The molecule has 10 nitrogen and oxygen atoms in total. The average Bonchev–Trinajstić information content (AvgIpc) is 3.01. The predicted octanol–water partition coefficient (Wildman–Crippen LogP) is 4.51. The van der Waals surface area contributed by atoms with Gasteiger partial charge in [-0.2, -0.15) is 10.2 Å². The maximum absolute atomic E-state index is 12.6. The molecule has 5 rings (SSSR count). The molecule has 1 aliphatic rings. The summed E-state index contributed by atoms with van der Waals surface area (Å²) in [5.74, 6) is 1.84. The van der Waals surface area contributed by atoms with E-state index in [4.69, 9.17) is 19.2 Å². The molecule has 2 aromatic carbocycles. The first kappa shape index (κ1) is 27.8. The Morgan fingerprint density at radius 2 is 1.73 bits per heavy atom. The van der Waals surface area contributed by atoms with E-state index in [9.17, 15) is 9.59 Å². The van der Waals surface area contributed by atoms with Crippen molar-refractivity contribution in [1.29, 1.82) is 0 Å². The highest BCUT2D eigenvalue weighted by molar-refractivity contribution is 6.04. The Morgan fingerprint density at radius 3 is 2.49 bits per heavy atom. The standard InChI is InChI=1S/C31H33N5O5/c1-4-21-8-9-23-22(10-14-27(39-2)31(23)32-21)25-12-16-30(38)36(35-25)17-5-6-18-41-26-13-7-20(19-28(26)40-3)24-11-15-29(37)34-33-24/h7-10,12-14,16,19H,4-6,11,15,17-18H2,1-3H3,(H,34,37). The average molecular weight is 556 g/mol. The predicted molar refractivity (Wildman–Crippen MR) is 157 cm³/mol. The van der Waals surface area contributed by atoms with Crippen LogP contribution in [0, 0.1) is 0 Å². The number of nitrogens with zero attached hydrogens (tertiary/aromatic N) is 4. The Morgan fingerprint density at radius 1 is 0.902 bits per heavy atom. The molecule has 0 saturated carbocycles. The van der Waals surface area contributed by atoms with E-state index < -0.39 is 0 Å². The molecule has 0 fully saturated rings. The van der Waals surface area contributed by atoms with Crippen LogP contribution in [0.2, 0.25) is 0 Å². The van der Waals surface area contributed by atoms with Crippen molar-refractivity contribution in [1.82, 2.24) is 20.2 Å². The van der Waals surface area contributed by atoms with Gasteiger partial charge in [0.1, 0.15) is 11.3 Å². The number of carbonyl (C=O) groups excluding carboxylic acids is 1. The van der Waals surface area contributed by atoms with Gasteiger partial charge in [0.2, 0.25) is 5.91 Å². The number of carbonyl (C=O) groups is 1. The minimum atomic E-state index is -0.155.